The molecule has 21 heavy (non-hydrogen) atoms. The lowest BCUT2D eigenvalue weighted by molar-refractivity contribution is 0.0940. The fraction of sp³-hybridized carbons (Fsp3) is 0.235. The van der Waals surface area contributed by atoms with Gasteiger partial charge in [-0.1, -0.05) is 23.7 Å². The third-order valence-electron chi connectivity index (χ3n) is 3.15. The van der Waals surface area contributed by atoms with Crippen LogP contribution in [0.5, 0.6) is 5.75 Å². The van der Waals surface area contributed by atoms with Gasteiger partial charge in [0.05, 0.1) is 12.6 Å². The van der Waals surface area contributed by atoms with Gasteiger partial charge in [0.25, 0.3) is 5.91 Å². The second-order valence-corrected chi connectivity index (χ2v) is 5.14. The third-order valence-corrected chi connectivity index (χ3v) is 3.40. The van der Waals surface area contributed by atoms with Gasteiger partial charge in [-0.3, -0.25) is 4.79 Å². The van der Waals surface area contributed by atoms with Crippen LogP contribution in [0.15, 0.2) is 48.5 Å². The standard InChI is InChI=1S/C17H18ClNO2/c1-3-21-16-10-6-14(7-11-16)17(20)19-12(2)13-4-8-15(18)9-5-13/h4-12H,3H2,1-2H3,(H,19,20). The van der Waals surface area contributed by atoms with Crippen LogP contribution in [0.25, 0.3) is 0 Å². The first kappa shape index (κ1) is 15.4. The first-order valence-electron chi connectivity index (χ1n) is 6.89. The molecule has 1 amide bonds. The van der Waals surface area contributed by atoms with Crippen LogP contribution in [0.3, 0.4) is 0 Å². The molecule has 0 heterocycles. The molecule has 0 saturated heterocycles. The van der Waals surface area contributed by atoms with Gasteiger partial charge >= 0.3 is 0 Å². The fourth-order valence-electron chi connectivity index (χ4n) is 1.98. The lowest BCUT2D eigenvalue weighted by atomic mass is 10.1. The Labute approximate surface area is 129 Å². The summed E-state index contributed by atoms with van der Waals surface area (Å²) in [6.45, 7) is 4.48. The Morgan fingerprint density at radius 1 is 1.14 bits per heavy atom. The van der Waals surface area contributed by atoms with E-state index in [2.05, 4.69) is 5.32 Å². The van der Waals surface area contributed by atoms with Gasteiger partial charge in [-0.25, -0.2) is 0 Å². The monoisotopic (exact) mass is 303 g/mol. The zero-order chi connectivity index (χ0) is 15.2. The van der Waals surface area contributed by atoms with Crippen molar-refractivity contribution in [2.45, 2.75) is 19.9 Å². The van der Waals surface area contributed by atoms with Gasteiger partial charge in [0, 0.05) is 10.6 Å². The molecule has 0 radical (unpaired) electrons. The Morgan fingerprint density at radius 2 is 1.76 bits per heavy atom. The number of carbonyl (C=O) groups is 1. The first-order chi connectivity index (χ1) is 10.1. The van der Waals surface area contributed by atoms with Gasteiger partial charge in [0.15, 0.2) is 0 Å². The van der Waals surface area contributed by atoms with Crippen molar-refractivity contribution in [3.8, 4) is 5.75 Å². The molecular weight excluding hydrogens is 286 g/mol. The van der Waals surface area contributed by atoms with E-state index in [1.165, 1.54) is 0 Å². The van der Waals surface area contributed by atoms with E-state index in [4.69, 9.17) is 16.3 Å². The van der Waals surface area contributed by atoms with Gasteiger partial charge in [-0.15, -0.1) is 0 Å². The summed E-state index contributed by atoms with van der Waals surface area (Å²) in [4.78, 5) is 12.2. The minimum absolute atomic E-state index is 0.0821. The van der Waals surface area contributed by atoms with Crippen LogP contribution < -0.4 is 10.1 Å². The Morgan fingerprint density at radius 3 is 2.33 bits per heavy atom. The fourth-order valence-corrected chi connectivity index (χ4v) is 2.11. The summed E-state index contributed by atoms with van der Waals surface area (Å²) in [5, 5.41) is 3.64. The van der Waals surface area contributed by atoms with Crippen LogP contribution >= 0.6 is 11.6 Å². The predicted molar refractivity (Wildman–Crippen MR) is 84.9 cm³/mol. The number of amides is 1. The molecule has 1 unspecified atom stereocenters. The summed E-state index contributed by atoms with van der Waals surface area (Å²) in [6.07, 6.45) is 0. The molecule has 0 spiro atoms. The molecule has 0 aromatic heterocycles. The van der Waals surface area contributed by atoms with Gasteiger partial charge < -0.3 is 10.1 Å². The van der Waals surface area contributed by atoms with Crippen LogP contribution in [0.2, 0.25) is 5.02 Å². The molecule has 2 aromatic rings. The molecular formula is C17H18ClNO2. The van der Waals surface area contributed by atoms with Gasteiger partial charge in [0.2, 0.25) is 0 Å². The van der Waals surface area contributed by atoms with E-state index in [0.29, 0.717) is 17.2 Å². The third kappa shape index (κ3) is 4.23. The zero-order valence-electron chi connectivity index (χ0n) is 12.1. The second-order valence-electron chi connectivity index (χ2n) is 4.70. The molecule has 0 aliphatic heterocycles. The number of rotatable bonds is 5. The largest absolute Gasteiger partial charge is 0.494 e. The molecule has 0 fully saturated rings. The average Bonchev–Trinajstić information content (AvgIpc) is 2.49. The SMILES string of the molecule is CCOc1ccc(C(=O)NC(C)c2ccc(Cl)cc2)cc1. The van der Waals surface area contributed by atoms with Crippen LogP contribution in [-0.2, 0) is 0 Å². The molecule has 1 N–H and O–H groups in total. The molecule has 2 rings (SSSR count). The number of benzene rings is 2. The van der Waals surface area contributed by atoms with E-state index in [-0.39, 0.29) is 11.9 Å². The Bertz CT molecular complexity index is 593. The molecule has 1 atom stereocenters. The Balaban J connectivity index is 2.01. The highest BCUT2D eigenvalue weighted by Gasteiger charge is 2.11. The maximum absolute atomic E-state index is 12.2. The van der Waals surface area contributed by atoms with Crippen molar-refractivity contribution < 1.29 is 9.53 Å². The van der Waals surface area contributed by atoms with E-state index in [0.717, 1.165) is 11.3 Å². The Hall–Kier alpha value is -2.00. The van der Waals surface area contributed by atoms with Crippen molar-refractivity contribution in [2.24, 2.45) is 0 Å². The quantitative estimate of drug-likeness (QED) is 0.897. The van der Waals surface area contributed by atoms with Crippen molar-refractivity contribution in [3.05, 3.63) is 64.7 Å². The van der Waals surface area contributed by atoms with E-state index in [9.17, 15) is 4.79 Å². The van der Waals surface area contributed by atoms with Crippen LogP contribution in [0.4, 0.5) is 0 Å². The minimum Gasteiger partial charge on any atom is -0.494 e. The average molecular weight is 304 g/mol. The maximum atomic E-state index is 12.2. The molecule has 0 aliphatic carbocycles. The van der Waals surface area contributed by atoms with Gasteiger partial charge in [-0.05, 0) is 55.8 Å². The van der Waals surface area contributed by atoms with Gasteiger partial charge in [0.1, 0.15) is 5.75 Å². The van der Waals surface area contributed by atoms with Crippen molar-refractivity contribution in [3.63, 3.8) is 0 Å². The first-order valence-corrected chi connectivity index (χ1v) is 7.27. The number of nitrogens with one attached hydrogen (secondary N) is 1. The second kappa shape index (κ2) is 7.14. The predicted octanol–water partition coefficient (Wildman–Crippen LogP) is 4.23. The highest BCUT2D eigenvalue weighted by Crippen LogP contribution is 2.17. The highest BCUT2D eigenvalue weighted by atomic mass is 35.5. The summed E-state index contributed by atoms with van der Waals surface area (Å²) in [5.41, 5.74) is 1.62. The number of hydrogen-bond acceptors (Lipinski definition) is 2. The smallest absolute Gasteiger partial charge is 0.251 e. The normalized spacial score (nSPS) is 11.8. The molecule has 110 valence electrons. The van der Waals surface area contributed by atoms with Crippen molar-refractivity contribution in [2.75, 3.05) is 6.61 Å². The van der Waals surface area contributed by atoms with Crippen molar-refractivity contribution >= 4 is 17.5 Å². The summed E-state index contributed by atoms with van der Waals surface area (Å²) in [6, 6.07) is 14.5. The molecule has 0 aliphatic rings. The molecule has 2 aromatic carbocycles. The lowest BCUT2D eigenvalue weighted by Gasteiger charge is -2.14. The van der Waals surface area contributed by atoms with E-state index in [1.807, 2.05) is 38.1 Å². The van der Waals surface area contributed by atoms with E-state index >= 15 is 0 Å². The van der Waals surface area contributed by atoms with Gasteiger partial charge in [-0.2, -0.15) is 0 Å². The molecule has 4 heteroatoms. The number of halogens is 1. The van der Waals surface area contributed by atoms with Crippen molar-refractivity contribution in [1.82, 2.24) is 5.32 Å². The van der Waals surface area contributed by atoms with Crippen molar-refractivity contribution in [1.29, 1.82) is 0 Å². The lowest BCUT2D eigenvalue weighted by Crippen LogP contribution is -2.26. The topological polar surface area (TPSA) is 38.3 Å². The zero-order valence-corrected chi connectivity index (χ0v) is 12.9. The molecule has 3 nitrogen and oxygen atoms in total. The molecule has 0 bridgehead atoms. The summed E-state index contributed by atoms with van der Waals surface area (Å²) >= 11 is 5.86. The summed E-state index contributed by atoms with van der Waals surface area (Å²) in [7, 11) is 0. The Kier molecular flexibility index (Phi) is 5.23. The van der Waals surface area contributed by atoms with E-state index < -0.39 is 0 Å². The summed E-state index contributed by atoms with van der Waals surface area (Å²) in [5.74, 6) is 0.653. The highest BCUT2D eigenvalue weighted by molar-refractivity contribution is 6.30. The number of ether oxygens (including phenoxy) is 1. The molecule has 0 saturated carbocycles. The van der Waals surface area contributed by atoms with Crippen LogP contribution in [0.1, 0.15) is 35.8 Å². The summed E-state index contributed by atoms with van der Waals surface area (Å²) < 4.78 is 5.36. The van der Waals surface area contributed by atoms with E-state index in [1.54, 1.807) is 24.3 Å². The van der Waals surface area contributed by atoms with Crippen LogP contribution in [-0.4, -0.2) is 12.5 Å². The number of hydrogen-bond donors (Lipinski definition) is 1. The minimum atomic E-state index is -0.111. The number of carbonyl (C=O) groups excluding carboxylic acids is 1. The maximum Gasteiger partial charge on any atom is 0.251 e. The van der Waals surface area contributed by atoms with Crippen LogP contribution in [0, 0.1) is 0 Å².